The van der Waals surface area contributed by atoms with Gasteiger partial charge in [0.05, 0.1) is 12.1 Å². The van der Waals surface area contributed by atoms with Crippen LogP contribution in [0.2, 0.25) is 0 Å². The number of carbonyl (C=O) groups excluding carboxylic acids is 1. The Morgan fingerprint density at radius 3 is 2.23 bits per heavy atom. The number of thiocarbonyl (C=S) groups is 1. The predicted octanol–water partition coefficient (Wildman–Crippen LogP) is 2.79. The highest BCUT2D eigenvalue weighted by atomic mass is 32.1. The zero-order valence-electron chi connectivity index (χ0n) is 11.6. The molecule has 1 aliphatic heterocycles. The van der Waals surface area contributed by atoms with Gasteiger partial charge in [-0.25, -0.2) is 0 Å². The molecule has 5 heteroatoms. The molecule has 1 saturated heterocycles. The number of rotatable bonds is 2. The van der Waals surface area contributed by atoms with Crippen molar-refractivity contribution >= 4 is 28.9 Å². The van der Waals surface area contributed by atoms with Crippen molar-refractivity contribution in [1.29, 1.82) is 5.26 Å². The first-order chi connectivity index (χ1) is 10.7. The van der Waals surface area contributed by atoms with Crippen molar-refractivity contribution in [2.75, 3.05) is 4.90 Å². The SMILES string of the molecule is N#C[C@@H]1C(=O)NC(=S)N(c2ccccc2)[C@@H]1c1ccccc1. The van der Waals surface area contributed by atoms with E-state index in [1.54, 1.807) is 0 Å². The summed E-state index contributed by atoms with van der Waals surface area (Å²) < 4.78 is 0. The maximum Gasteiger partial charge on any atom is 0.245 e. The van der Waals surface area contributed by atoms with E-state index in [-0.39, 0.29) is 5.91 Å². The van der Waals surface area contributed by atoms with Crippen molar-refractivity contribution in [3.63, 3.8) is 0 Å². The summed E-state index contributed by atoms with van der Waals surface area (Å²) in [5.74, 6) is -1.18. The van der Waals surface area contributed by atoms with E-state index in [2.05, 4.69) is 11.4 Å². The summed E-state index contributed by atoms with van der Waals surface area (Å²) in [5, 5.41) is 12.4. The monoisotopic (exact) mass is 307 g/mol. The molecule has 2 atom stereocenters. The van der Waals surface area contributed by atoms with E-state index in [1.807, 2.05) is 65.6 Å². The smallest absolute Gasteiger partial charge is 0.245 e. The number of nitrogens with zero attached hydrogens (tertiary/aromatic N) is 2. The number of hydrogen-bond donors (Lipinski definition) is 1. The lowest BCUT2D eigenvalue weighted by atomic mass is 9.90. The fraction of sp³-hybridized carbons (Fsp3) is 0.118. The molecule has 0 radical (unpaired) electrons. The van der Waals surface area contributed by atoms with Gasteiger partial charge in [-0.15, -0.1) is 0 Å². The number of anilines is 1. The molecule has 2 aromatic carbocycles. The second kappa shape index (κ2) is 5.96. The third-order valence-corrected chi connectivity index (χ3v) is 3.94. The Balaban J connectivity index is 2.14. The molecule has 1 heterocycles. The van der Waals surface area contributed by atoms with Gasteiger partial charge in [0, 0.05) is 5.69 Å². The van der Waals surface area contributed by atoms with Crippen LogP contribution < -0.4 is 10.2 Å². The Morgan fingerprint density at radius 2 is 1.64 bits per heavy atom. The highest BCUT2D eigenvalue weighted by Crippen LogP contribution is 2.35. The van der Waals surface area contributed by atoms with Crippen LogP contribution in [0.5, 0.6) is 0 Å². The number of benzene rings is 2. The molecular weight excluding hydrogens is 294 g/mol. The number of carbonyl (C=O) groups is 1. The molecule has 0 saturated carbocycles. The summed E-state index contributed by atoms with van der Waals surface area (Å²) >= 11 is 5.35. The molecule has 0 spiro atoms. The second-order valence-corrected chi connectivity index (χ2v) is 5.35. The third-order valence-electron chi connectivity index (χ3n) is 3.64. The molecule has 1 aliphatic rings. The van der Waals surface area contributed by atoms with Gasteiger partial charge in [-0.2, -0.15) is 5.26 Å². The first-order valence-corrected chi connectivity index (χ1v) is 7.27. The molecule has 0 bridgehead atoms. The summed E-state index contributed by atoms with van der Waals surface area (Å²) in [6, 6.07) is 20.7. The largest absolute Gasteiger partial charge is 0.309 e. The molecular formula is C17H13N3OS. The molecule has 2 aromatic rings. The van der Waals surface area contributed by atoms with Crippen LogP contribution in [0.15, 0.2) is 60.7 Å². The Labute approximate surface area is 134 Å². The minimum atomic E-state index is -0.825. The minimum absolute atomic E-state index is 0.316. The Kier molecular flexibility index (Phi) is 3.86. The van der Waals surface area contributed by atoms with E-state index in [1.165, 1.54) is 0 Å². The van der Waals surface area contributed by atoms with Crippen molar-refractivity contribution < 1.29 is 4.79 Å². The van der Waals surface area contributed by atoms with E-state index in [4.69, 9.17) is 12.2 Å². The third kappa shape index (κ3) is 2.45. The first kappa shape index (κ1) is 14.2. The molecule has 108 valence electrons. The summed E-state index contributed by atoms with van der Waals surface area (Å²) in [5.41, 5.74) is 1.73. The van der Waals surface area contributed by atoms with E-state index >= 15 is 0 Å². The average molecular weight is 307 g/mol. The fourth-order valence-electron chi connectivity index (χ4n) is 2.65. The lowest BCUT2D eigenvalue weighted by Crippen LogP contribution is -2.55. The van der Waals surface area contributed by atoms with Gasteiger partial charge < -0.3 is 10.2 Å². The van der Waals surface area contributed by atoms with E-state index in [0.29, 0.717) is 5.11 Å². The summed E-state index contributed by atoms with van der Waals surface area (Å²) in [7, 11) is 0. The van der Waals surface area contributed by atoms with Gasteiger partial charge in [0.25, 0.3) is 0 Å². The average Bonchev–Trinajstić information content (AvgIpc) is 2.56. The molecule has 1 amide bonds. The molecule has 22 heavy (non-hydrogen) atoms. The minimum Gasteiger partial charge on any atom is -0.309 e. The lowest BCUT2D eigenvalue weighted by Gasteiger charge is -2.40. The van der Waals surface area contributed by atoms with Gasteiger partial charge in [-0.1, -0.05) is 48.5 Å². The van der Waals surface area contributed by atoms with E-state index in [9.17, 15) is 10.1 Å². The van der Waals surface area contributed by atoms with Crippen molar-refractivity contribution in [1.82, 2.24) is 5.32 Å². The van der Waals surface area contributed by atoms with Crippen LogP contribution >= 0.6 is 12.2 Å². The molecule has 0 unspecified atom stereocenters. The van der Waals surface area contributed by atoms with Gasteiger partial charge >= 0.3 is 0 Å². The topological polar surface area (TPSA) is 56.1 Å². The molecule has 1 fully saturated rings. The number of nitriles is 1. The van der Waals surface area contributed by atoms with E-state index < -0.39 is 12.0 Å². The van der Waals surface area contributed by atoms with E-state index in [0.717, 1.165) is 11.3 Å². The van der Waals surface area contributed by atoms with Crippen LogP contribution in [0.4, 0.5) is 5.69 Å². The van der Waals surface area contributed by atoms with Crippen molar-refractivity contribution in [3.05, 3.63) is 66.2 Å². The molecule has 0 aromatic heterocycles. The highest BCUT2D eigenvalue weighted by molar-refractivity contribution is 7.80. The number of nitrogens with one attached hydrogen (secondary N) is 1. The quantitative estimate of drug-likeness (QED) is 0.867. The molecule has 4 nitrogen and oxygen atoms in total. The van der Waals surface area contributed by atoms with Crippen molar-refractivity contribution in [2.45, 2.75) is 6.04 Å². The van der Waals surface area contributed by atoms with Crippen molar-refractivity contribution in [2.24, 2.45) is 5.92 Å². The maximum atomic E-state index is 12.1. The number of hydrogen-bond acceptors (Lipinski definition) is 3. The number of para-hydroxylation sites is 1. The van der Waals surface area contributed by atoms with Gasteiger partial charge in [0.2, 0.25) is 5.91 Å². The molecule has 1 N–H and O–H groups in total. The fourth-order valence-corrected chi connectivity index (χ4v) is 2.97. The zero-order valence-corrected chi connectivity index (χ0v) is 12.5. The van der Waals surface area contributed by atoms with Crippen LogP contribution in [-0.4, -0.2) is 11.0 Å². The first-order valence-electron chi connectivity index (χ1n) is 6.86. The highest BCUT2D eigenvalue weighted by Gasteiger charge is 2.41. The summed E-state index contributed by atoms with van der Waals surface area (Å²) in [6.45, 7) is 0. The van der Waals surface area contributed by atoms with Crippen LogP contribution in [-0.2, 0) is 4.79 Å². The van der Waals surface area contributed by atoms with Gasteiger partial charge in [-0.05, 0) is 29.9 Å². The zero-order chi connectivity index (χ0) is 15.5. The molecule has 3 rings (SSSR count). The standard InChI is InChI=1S/C17H13N3OS/c18-11-14-15(12-7-3-1-4-8-12)20(17(22)19-16(14)21)13-9-5-2-6-10-13/h1-10,14-15H,(H,19,21,22)/t14-,15+/m0/s1. The van der Waals surface area contributed by atoms with Gasteiger partial charge in [0.1, 0.15) is 0 Å². The Morgan fingerprint density at radius 1 is 1.05 bits per heavy atom. The van der Waals surface area contributed by atoms with Crippen LogP contribution in [0.1, 0.15) is 11.6 Å². The number of amides is 1. The predicted molar refractivity (Wildman–Crippen MR) is 87.9 cm³/mol. The van der Waals surface area contributed by atoms with Crippen LogP contribution in [0, 0.1) is 17.2 Å². The lowest BCUT2D eigenvalue weighted by molar-refractivity contribution is -0.123. The van der Waals surface area contributed by atoms with Crippen LogP contribution in [0.3, 0.4) is 0 Å². The second-order valence-electron chi connectivity index (χ2n) is 4.96. The normalized spacial score (nSPS) is 21.1. The van der Waals surface area contributed by atoms with Gasteiger partial charge in [0.15, 0.2) is 11.0 Å². The van der Waals surface area contributed by atoms with Gasteiger partial charge in [-0.3, -0.25) is 4.79 Å². The Bertz CT molecular complexity index is 740. The Hall–Kier alpha value is -2.71. The summed E-state index contributed by atoms with van der Waals surface area (Å²) in [6.07, 6.45) is 0. The van der Waals surface area contributed by atoms with Crippen molar-refractivity contribution in [3.8, 4) is 6.07 Å². The molecule has 0 aliphatic carbocycles. The van der Waals surface area contributed by atoms with Crippen LogP contribution in [0.25, 0.3) is 0 Å². The maximum absolute atomic E-state index is 12.1. The summed E-state index contributed by atoms with van der Waals surface area (Å²) in [4.78, 5) is 14.0.